The van der Waals surface area contributed by atoms with Crippen LogP contribution in [0.5, 0.6) is 0 Å². The SMILES string of the molecule is CC.CC.CC.CC.CC.CC.CC12CC3CC(C1)CC(C)(C3)C2.CC12CCC(C)(CC1)C2.CC12CCC(C)(CC1)CC2.CC1CCC1.CC1CCCC1.CC1CCCCC1. The first-order valence-corrected chi connectivity index (χ1v) is 29.0. The topological polar surface area (TPSA) is 0 Å². The van der Waals surface area contributed by atoms with Crippen molar-refractivity contribution in [2.75, 3.05) is 0 Å². The van der Waals surface area contributed by atoms with Gasteiger partial charge in [0.2, 0.25) is 0 Å². The second-order valence-corrected chi connectivity index (χ2v) is 23.7. The minimum absolute atomic E-state index is 0.762. The summed E-state index contributed by atoms with van der Waals surface area (Å²) in [6.07, 6.45) is 43.7. The highest BCUT2D eigenvalue weighted by molar-refractivity contribution is 5.04. The standard InChI is InChI=1S/C12H20.C10H18.C9H16.C7H14.C6H12.C5H10.6C2H6/c1-11-4-9-3-10(5-11)7-12(2,6-9)8-11;1-9-3-6-10(2,7-4-9)8-5-9;1-8-3-5-9(2,7-8)6-4-8;1-7-5-3-2-4-6-7;1-6-4-2-3-5-6;1-5-3-2-4-5;6*1-2/h9-10H,3-8H2,1-2H3;3-8H2,1-2H3;3-7H2,1-2H3;7H,2-6H2,1H3;6H,2-5H2,1H3;5H,2-4H2,1H3;6*1-2H3. The molecule has 12 aliphatic rings. The molecule has 0 saturated heterocycles. The van der Waals surface area contributed by atoms with Gasteiger partial charge in [-0.3, -0.25) is 0 Å². The Balaban J connectivity index is 0. The summed E-state index contributed by atoms with van der Waals surface area (Å²) in [4.78, 5) is 0. The van der Waals surface area contributed by atoms with Crippen molar-refractivity contribution in [1.82, 2.24) is 0 Å². The van der Waals surface area contributed by atoms with Crippen LogP contribution >= 0.6 is 0 Å². The van der Waals surface area contributed by atoms with Gasteiger partial charge in [0, 0.05) is 0 Å². The van der Waals surface area contributed by atoms with Crippen LogP contribution in [0.3, 0.4) is 0 Å². The summed E-state index contributed by atoms with van der Waals surface area (Å²) in [6.45, 7) is 46.0. The summed E-state index contributed by atoms with van der Waals surface area (Å²) in [6, 6.07) is 0. The van der Waals surface area contributed by atoms with Gasteiger partial charge in [-0.05, 0) is 171 Å². The smallest absolute Gasteiger partial charge is 0.0315 e. The van der Waals surface area contributed by atoms with E-state index < -0.39 is 0 Å². The highest BCUT2D eigenvalue weighted by atomic mass is 14.6. The molecule has 0 aromatic heterocycles. The third-order valence-corrected chi connectivity index (χ3v) is 17.1. The number of rotatable bonds is 0. The van der Waals surface area contributed by atoms with Crippen LogP contribution in [-0.2, 0) is 0 Å². The van der Waals surface area contributed by atoms with E-state index in [1.54, 1.807) is 32.1 Å². The van der Waals surface area contributed by atoms with Crippen molar-refractivity contribution in [2.24, 2.45) is 62.1 Å². The summed E-state index contributed by atoms with van der Waals surface area (Å²) in [5.74, 6) is 5.37. The zero-order valence-electron chi connectivity index (χ0n) is 47.4. The zero-order valence-corrected chi connectivity index (χ0v) is 47.4. The third kappa shape index (κ3) is 23.8. The van der Waals surface area contributed by atoms with Gasteiger partial charge < -0.3 is 0 Å². The van der Waals surface area contributed by atoms with Crippen molar-refractivity contribution >= 4 is 0 Å². The van der Waals surface area contributed by atoms with Gasteiger partial charge in [0.25, 0.3) is 0 Å². The molecule has 0 nitrogen and oxygen atoms in total. The number of hydrogen-bond donors (Lipinski definition) is 0. The van der Waals surface area contributed by atoms with E-state index in [-0.39, 0.29) is 0 Å². The fraction of sp³-hybridized carbons (Fsp3) is 1.00. The third-order valence-electron chi connectivity index (χ3n) is 17.1. The van der Waals surface area contributed by atoms with E-state index in [1.807, 2.05) is 83.1 Å². The van der Waals surface area contributed by atoms with E-state index in [0.717, 1.165) is 62.1 Å². The predicted molar refractivity (Wildman–Crippen MR) is 285 cm³/mol. The summed E-state index contributed by atoms with van der Waals surface area (Å²) < 4.78 is 0. The predicted octanol–water partition coefficient (Wildman–Crippen LogP) is 22.7. The first-order chi connectivity index (χ1) is 29.0. The molecule has 0 N–H and O–H groups in total. The minimum atomic E-state index is 0.762. The summed E-state index contributed by atoms with van der Waals surface area (Å²) in [5.41, 5.74) is 4.59. The normalized spacial score (nSPS) is 37.5. The lowest BCUT2D eigenvalue weighted by Gasteiger charge is -2.60. The van der Waals surface area contributed by atoms with Crippen LogP contribution in [-0.4, -0.2) is 0 Å². The van der Waals surface area contributed by atoms with E-state index in [2.05, 4.69) is 62.3 Å². The Hall–Kier alpha value is 0. The molecule has 0 amide bonds. The fourth-order valence-corrected chi connectivity index (χ4v) is 13.7. The summed E-state index contributed by atoms with van der Waals surface area (Å²) in [7, 11) is 0. The number of fused-ring (bicyclic) bond motifs is 5. The van der Waals surface area contributed by atoms with Gasteiger partial charge in [0.05, 0.1) is 0 Å². The molecule has 8 bridgehead atoms. The molecule has 0 radical (unpaired) electrons. The van der Waals surface area contributed by atoms with Crippen molar-refractivity contribution < 1.29 is 0 Å². The largest absolute Gasteiger partial charge is 0.0683 e. The van der Waals surface area contributed by atoms with Gasteiger partial charge in [-0.25, -0.2) is 0 Å². The maximum atomic E-state index is 2.54. The van der Waals surface area contributed by atoms with E-state index in [4.69, 9.17) is 0 Å². The van der Waals surface area contributed by atoms with Gasteiger partial charge in [0.15, 0.2) is 0 Å². The molecule has 0 aliphatic heterocycles. The van der Waals surface area contributed by atoms with Crippen molar-refractivity contribution in [3.05, 3.63) is 0 Å². The quantitative estimate of drug-likeness (QED) is 0.228. The maximum Gasteiger partial charge on any atom is -0.0315 e. The second-order valence-electron chi connectivity index (χ2n) is 23.7. The van der Waals surface area contributed by atoms with Gasteiger partial charge in [-0.1, -0.05) is 222 Å². The molecule has 12 fully saturated rings. The molecule has 12 rings (SSSR count). The van der Waals surface area contributed by atoms with Crippen LogP contribution in [0.15, 0.2) is 0 Å². The Kier molecular flexibility index (Phi) is 33.8. The van der Waals surface area contributed by atoms with Gasteiger partial charge in [-0.15, -0.1) is 0 Å². The zero-order chi connectivity index (χ0) is 47.4. The Labute approximate surface area is 392 Å². The molecule has 0 aromatic carbocycles. The molecule has 0 spiro atoms. The van der Waals surface area contributed by atoms with E-state index in [1.165, 1.54) is 154 Å². The lowest BCUT2D eigenvalue weighted by molar-refractivity contribution is -0.0920. The average Bonchev–Trinajstić information content (AvgIpc) is 3.96. The Morgan fingerprint density at radius 3 is 0.623 bits per heavy atom. The Morgan fingerprint density at radius 2 is 0.475 bits per heavy atom. The lowest BCUT2D eigenvalue weighted by Crippen LogP contribution is -2.49. The molecule has 0 heteroatoms. The van der Waals surface area contributed by atoms with Gasteiger partial charge in [-0.2, -0.15) is 0 Å². The monoisotopic (exact) mass is 859 g/mol. The van der Waals surface area contributed by atoms with Crippen LogP contribution in [0.25, 0.3) is 0 Å². The lowest BCUT2D eigenvalue weighted by atomic mass is 9.45. The number of hydrogen-bond acceptors (Lipinski definition) is 0. The molecule has 12 aliphatic carbocycles. The molecular weight excluding hydrogens is 733 g/mol. The molecule has 0 atom stereocenters. The van der Waals surface area contributed by atoms with E-state index >= 15 is 0 Å². The molecule has 0 heterocycles. The Bertz CT molecular complexity index is 883. The first kappa shape index (κ1) is 63.1. The van der Waals surface area contributed by atoms with Crippen LogP contribution < -0.4 is 0 Å². The maximum absolute atomic E-state index is 2.54. The summed E-state index contributed by atoms with van der Waals surface area (Å²) >= 11 is 0. The minimum Gasteiger partial charge on any atom is -0.0683 e. The van der Waals surface area contributed by atoms with Crippen LogP contribution in [0.4, 0.5) is 0 Å². The van der Waals surface area contributed by atoms with E-state index in [9.17, 15) is 0 Å². The fourth-order valence-electron chi connectivity index (χ4n) is 13.7. The molecular formula is C61H126. The second kappa shape index (κ2) is 32.6. The first-order valence-electron chi connectivity index (χ1n) is 29.0. The highest BCUT2D eigenvalue weighted by Crippen LogP contribution is 2.65. The highest BCUT2D eigenvalue weighted by Gasteiger charge is 2.53. The van der Waals surface area contributed by atoms with Crippen LogP contribution in [0.2, 0.25) is 0 Å². The molecule has 12 saturated carbocycles. The summed E-state index contributed by atoms with van der Waals surface area (Å²) in [5, 5.41) is 0. The van der Waals surface area contributed by atoms with Crippen molar-refractivity contribution in [1.29, 1.82) is 0 Å². The molecule has 370 valence electrons. The molecule has 0 aromatic rings. The molecule has 61 heavy (non-hydrogen) atoms. The van der Waals surface area contributed by atoms with Crippen LogP contribution in [0, 0.1) is 62.1 Å². The van der Waals surface area contributed by atoms with Crippen LogP contribution in [0.1, 0.15) is 332 Å². The van der Waals surface area contributed by atoms with E-state index in [0.29, 0.717) is 0 Å². The average molecular weight is 860 g/mol. The van der Waals surface area contributed by atoms with Gasteiger partial charge in [0.1, 0.15) is 0 Å². The van der Waals surface area contributed by atoms with Crippen molar-refractivity contribution in [2.45, 2.75) is 332 Å². The van der Waals surface area contributed by atoms with Crippen molar-refractivity contribution in [3.8, 4) is 0 Å². The molecule has 0 unspecified atom stereocenters. The Morgan fingerprint density at radius 1 is 0.262 bits per heavy atom. The van der Waals surface area contributed by atoms with Gasteiger partial charge >= 0.3 is 0 Å². The van der Waals surface area contributed by atoms with Crippen molar-refractivity contribution in [3.63, 3.8) is 0 Å².